The zero-order chi connectivity index (χ0) is 19.0. The number of hydrogen-bond donors (Lipinski definition) is 0. The number of carbonyl (C=O) groups is 1. The number of para-hydroxylation sites is 2. The van der Waals surface area contributed by atoms with Gasteiger partial charge in [0.25, 0.3) is 5.56 Å². The van der Waals surface area contributed by atoms with Crippen LogP contribution in [0.3, 0.4) is 0 Å². The number of rotatable bonds is 4. The molecule has 0 aliphatic rings. The summed E-state index contributed by atoms with van der Waals surface area (Å²) in [5.74, 6) is -1.15. The van der Waals surface area contributed by atoms with Crippen LogP contribution >= 0.6 is 0 Å². The Labute approximate surface area is 154 Å². The van der Waals surface area contributed by atoms with E-state index in [4.69, 9.17) is 0 Å². The summed E-state index contributed by atoms with van der Waals surface area (Å²) in [5, 5.41) is 14.8. The van der Waals surface area contributed by atoms with Crippen LogP contribution in [-0.4, -0.2) is 25.1 Å². The highest BCUT2D eigenvalue weighted by Gasteiger charge is 2.26. The number of fused-ring (bicyclic) bond motifs is 2. The molecule has 1 atom stereocenters. The van der Waals surface area contributed by atoms with E-state index >= 15 is 0 Å². The van der Waals surface area contributed by atoms with Gasteiger partial charge in [-0.25, -0.2) is 9.67 Å². The van der Waals surface area contributed by atoms with Gasteiger partial charge in [-0.3, -0.25) is 9.59 Å². The van der Waals surface area contributed by atoms with E-state index in [-0.39, 0.29) is 12.1 Å². The Morgan fingerprint density at radius 3 is 2.70 bits per heavy atom. The van der Waals surface area contributed by atoms with Crippen molar-refractivity contribution in [3.8, 4) is 6.07 Å². The second-order valence-electron chi connectivity index (χ2n) is 6.24. The standard InChI is InChI=1S/C20H15N5O2/c1-24-17-9-5-4-8-16(17)23-19(24)15(10-21)18(26)12-25-20(27)14-7-3-2-6-13(14)11-22-25/h2-9,11,15H,12H2,1H3. The minimum absolute atomic E-state index is 0.287. The lowest BCUT2D eigenvalue weighted by Gasteiger charge is -2.10. The Balaban J connectivity index is 1.71. The molecule has 2 heterocycles. The summed E-state index contributed by atoms with van der Waals surface area (Å²) in [5.41, 5.74) is 1.19. The van der Waals surface area contributed by atoms with Crippen LogP contribution in [-0.2, 0) is 18.4 Å². The molecule has 132 valence electrons. The van der Waals surface area contributed by atoms with Crippen molar-refractivity contribution in [2.24, 2.45) is 7.05 Å². The van der Waals surface area contributed by atoms with Crippen molar-refractivity contribution in [3.63, 3.8) is 0 Å². The number of nitriles is 1. The molecular weight excluding hydrogens is 342 g/mol. The number of benzene rings is 2. The second kappa shape index (κ2) is 6.50. The van der Waals surface area contributed by atoms with E-state index in [1.54, 1.807) is 36.0 Å². The van der Waals surface area contributed by atoms with E-state index in [0.717, 1.165) is 10.2 Å². The first-order valence-electron chi connectivity index (χ1n) is 8.38. The van der Waals surface area contributed by atoms with Crippen LogP contribution in [0.4, 0.5) is 0 Å². The maximum Gasteiger partial charge on any atom is 0.275 e. The first-order chi connectivity index (χ1) is 13.1. The van der Waals surface area contributed by atoms with Gasteiger partial charge in [0.15, 0.2) is 11.7 Å². The maximum atomic E-state index is 12.8. The molecule has 0 saturated heterocycles. The molecule has 2 aromatic carbocycles. The molecular formula is C20H15N5O2. The molecule has 0 saturated carbocycles. The normalized spacial score (nSPS) is 12.1. The quantitative estimate of drug-likeness (QED) is 0.558. The first kappa shape index (κ1) is 16.7. The monoisotopic (exact) mass is 357 g/mol. The largest absolute Gasteiger partial charge is 0.330 e. The second-order valence-corrected chi connectivity index (χ2v) is 6.24. The zero-order valence-electron chi connectivity index (χ0n) is 14.5. The SMILES string of the molecule is Cn1c(C(C#N)C(=O)Cn2ncc3ccccc3c2=O)nc2ccccc21. The molecule has 0 spiro atoms. The highest BCUT2D eigenvalue weighted by atomic mass is 16.1. The van der Waals surface area contributed by atoms with Crippen molar-refractivity contribution in [3.05, 3.63) is 70.9 Å². The van der Waals surface area contributed by atoms with E-state index in [9.17, 15) is 14.9 Å². The lowest BCUT2D eigenvalue weighted by atomic mass is 10.1. The number of aryl methyl sites for hydroxylation is 1. The van der Waals surface area contributed by atoms with Crippen LogP contribution in [0.15, 0.2) is 59.5 Å². The van der Waals surface area contributed by atoms with Crippen molar-refractivity contribution < 1.29 is 4.79 Å². The number of nitrogens with zero attached hydrogens (tertiary/aromatic N) is 5. The predicted molar refractivity (Wildman–Crippen MR) is 100 cm³/mol. The Hall–Kier alpha value is -3.79. The molecule has 4 rings (SSSR count). The summed E-state index contributed by atoms with van der Waals surface area (Å²) in [6.45, 7) is -0.287. The number of ketones is 1. The van der Waals surface area contributed by atoms with Gasteiger partial charge in [0.05, 0.1) is 28.7 Å². The Bertz CT molecular complexity index is 1280. The van der Waals surface area contributed by atoms with Crippen molar-refractivity contribution in [2.75, 3.05) is 0 Å². The smallest absolute Gasteiger partial charge is 0.275 e. The van der Waals surface area contributed by atoms with Gasteiger partial charge in [0.1, 0.15) is 12.4 Å². The van der Waals surface area contributed by atoms with E-state index in [0.29, 0.717) is 22.1 Å². The summed E-state index contributed by atoms with van der Waals surface area (Å²) < 4.78 is 2.83. The summed E-state index contributed by atoms with van der Waals surface area (Å²) >= 11 is 0. The number of imidazole rings is 1. The molecule has 7 nitrogen and oxygen atoms in total. The lowest BCUT2D eigenvalue weighted by Crippen LogP contribution is -2.29. The average Bonchev–Trinajstić information content (AvgIpc) is 3.02. The van der Waals surface area contributed by atoms with Crippen LogP contribution in [0.2, 0.25) is 0 Å². The Kier molecular flexibility index (Phi) is 4.01. The number of hydrogen-bond acceptors (Lipinski definition) is 5. The molecule has 0 aliphatic heterocycles. The zero-order valence-corrected chi connectivity index (χ0v) is 14.5. The van der Waals surface area contributed by atoms with Crippen molar-refractivity contribution in [1.29, 1.82) is 5.26 Å². The van der Waals surface area contributed by atoms with Gasteiger partial charge in [-0.05, 0) is 18.2 Å². The van der Waals surface area contributed by atoms with Crippen molar-refractivity contribution >= 4 is 27.6 Å². The van der Waals surface area contributed by atoms with E-state index in [2.05, 4.69) is 10.1 Å². The molecule has 2 aromatic heterocycles. The van der Waals surface area contributed by atoms with Crippen LogP contribution in [0.1, 0.15) is 11.7 Å². The highest BCUT2D eigenvalue weighted by Crippen LogP contribution is 2.21. The minimum Gasteiger partial charge on any atom is -0.330 e. The third-order valence-electron chi connectivity index (χ3n) is 4.60. The van der Waals surface area contributed by atoms with E-state index in [1.165, 1.54) is 0 Å². The maximum absolute atomic E-state index is 12.8. The molecule has 0 amide bonds. The summed E-state index contributed by atoms with van der Waals surface area (Å²) in [6, 6.07) is 16.5. The topological polar surface area (TPSA) is 93.6 Å². The lowest BCUT2D eigenvalue weighted by molar-refractivity contribution is -0.120. The molecule has 1 unspecified atom stereocenters. The van der Waals surface area contributed by atoms with Crippen LogP contribution in [0.25, 0.3) is 21.8 Å². The minimum atomic E-state index is -1.08. The fraction of sp³-hybridized carbons (Fsp3) is 0.150. The van der Waals surface area contributed by atoms with Gasteiger partial charge in [-0.2, -0.15) is 10.4 Å². The predicted octanol–water partition coefficient (Wildman–Crippen LogP) is 2.16. The number of Topliss-reactive ketones (excluding diaryl/α,β-unsaturated/α-hetero) is 1. The molecule has 7 heteroatoms. The molecule has 0 N–H and O–H groups in total. The van der Waals surface area contributed by atoms with Crippen LogP contribution < -0.4 is 5.56 Å². The average molecular weight is 357 g/mol. The fourth-order valence-corrected chi connectivity index (χ4v) is 3.18. The summed E-state index contributed by atoms with van der Waals surface area (Å²) in [4.78, 5) is 29.8. The van der Waals surface area contributed by atoms with Gasteiger partial charge in [-0.15, -0.1) is 0 Å². The van der Waals surface area contributed by atoms with Gasteiger partial charge in [0, 0.05) is 12.4 Å². The van der Waals surface area contributed by atoms with Gasteiger partial charge in [0.2, 0.25) is 0 Å². The molecule has 0 bridgehead atoms. The third kappa shape index (κ3) is 2.77. The van der Waals surface area contributed by atoms with Crippen LogP contribution in [0.5, 0.6) is 0 Å². The van der Waals surface area contributed by atoms with E-state index < -0.39 is 11.7 Å². The van der Waals surface area contributed by atoms with Gasteiger partial charge >= 0.3 is 0 Å². The number of aromatic nitrogens is 4. The first-order valence-corrected chi connectivity index (χ1v) is 8.38. The van der Waals surface area contributed by atoms with Crippen molar-refractivity contribution in [1.82, 2.24) is 19.3 Å². The van der Waals surface area contributed by atoms with Crippen LogP contribution in [0, 0.1) is 11.3 Å². The molecule has 0 radical (unpaired) electrons. The van der Waals surface area contributed by atoms with E-state index in [1.807, 2.05) is 36.4 Å². The molecule has 0 aliphatic carbocycles. The number of carbonyl (C=O) groups excluding carboxylic acids is 1. The molecule has 4 aromatic rings. The Morgan fingerprint density at radius 1 is 1.19 bits per heavy atom. The third-order valence-corrected chi connectivity index (χ3v) is 4.60. The summed E-state index contributed by atoms with van der Waals surface area (Å²) in [7, 11) is 1.77. The van der Waals surface area contributed by atoms with Gasteiger partial charge < -0.3 is 4.57 Å². The van der Waals surface area contributed by atoms with Crippen molar-refractivity contribution in [2.45, 2.75) is 12.5 Å². The molecule has 0 fully saturated rings. The summed E-state index contributed by atoms with van der Waals surface area (Å²) in [6.07, 6.45) is 1.54. The fourth-order valence-electron chi connectivity index (χ4n) is 3.18. The van der Waals surface area contributed by atoms with Gasteiger partial charge in [-0.1, -0.05) is 30.3 Å². The molecule has 27 heavy (non-hydrogen) atoms. The highest BCUT2D eigenvalue weighted by molar-refractivity contribution is 5.89. The Morgan fingerprint density at radius 2 is 1.93 bits per heavy atom.